The lowest BCUT2D eigenvalue weighted by molar-refractivity contribution is -0.870. The molecule has 82 heavy (non-hydrogen) atoms. The van der Waals surface area contributed by atoms with E-state index in [9.17, 15) is 19.4 Å². The zero-order valence-electron chi connectivity index (χ0n) is 55.8. The first-order valence-electron chi connectivity index (χ1n) is 36.4. The van der Waals surface area contributed by atoms with Crippen LogP contribution in [0.1, 0.15) is 373 Å². The summed E-state index contributed by atoms with van der Waals surface area (Å²) in [4.78, 5) is 23.4. The molecule has 3 unspecified atom stereocenters. The van der Waals surface area contributed by atoms with E-state index in [2.05, 4.69) is 43.5 Å². The van der Waals surface area contributed by atoms with Crippen LogP contribution < -0.4 is 5.32 Å². The number of aliphatic hydroxyl groups excluding tert-OH is 1. The summed E-state index contributed by atoms with van der Waals surface area (Å²) in [6, 6.07) is -0.870. The molecule has 3 N–H and O–H groups in total. The third-order valence-electron chi connectivity index (χ3n) is 16.8. The van der Waals surface area contributed by atoms with Crippen molar-refractivity contribution < 1.29 is 32.9 Å². The van der Waals surface area contributed by atoms with Crippen LogP contribution >= 0.6 is 7.82 Å². The summed E-state index contributed by atoms with van der Waals surface area (Å²) in [5.74, 6) is -0.183. The Morgan fingerprint density at radius 3 is 0.976 bits per heavy atom. The molecule has 8 nitrogen and oxygen atoms in total. The summed E-state index contributed by atoms with van der Waals surface area (Å²) in [5.41, 5.74) is 0. The molecule has 0 radical (unpaired) electrons. The summed E-state index contributed by atoms with van der Waals surface area (Å²) in [6.45, 7) is 4.85. The fraction of sp³-hybridized carbons (Fsp3) is 0.904. The lowest BCUT2D eigenvalue weighted by atomic mass is 10.0. The third kappa shape index (κ3) is 66.2. The van der Waals surface area contributed by atoms with Gasteiger partial charge in [0.05, 0.1) is 39.9 Å². The number of phosphoric acid groups is 1. The molecule has 9 heteroatoms. The van der Waals surface area contributed by atoms with Crippen LogP contribution in [-0.2, 0) is 18.4 Å². The van der Waals surface area contributed by atoms with Crippen molar-refractivity contribution in [2.75, 3.05) is 40.9 Å². The van der Waals surface area contributed by atoms with Gasteiger partial charge in [0.25, 0.3) is 0 Å². The van der Waals surface area contributed by atoms with Gasteiger partial charge >= 0.3 is 7.82 Å². The summed E-state index contributed by atoms with van der Waals surface area (Å²) in [7, 11) is 1.56. The zero-order chi connectivity index (χ0) is 59.8. The maximum atomic E-state index is 13.1. The van der Waals surface area contributed by atoms with Gasteiger partial charge in [0, 0.05) is 6.42 Å². The van der Waals surface area contributed by atoms with Crippen molar-refractivity contribution in [1.29, 1.82) is 0 Å². The van der Waals surface area contributed by atoms with Crippen LogP contribution in [0.3, 0.4) is 0 Å². The first kappa shape index (κ1) is 80.7. The van der Waals surface area contributed by atoms with Crippen molar-refractivity contribution in [2.24, 2.45) is 0 Å². The molecule has 0 heterocycles. The highest BCUT2D eigenvalue weighted by molar-refractivity contribution is 7.47. The number of nitrogens with zero attached hydrogens (tertiary/aromatic N) is 1. The minimum atomic E-state index is -4.36. The van der Waals surface area contributed by atoms with Crippen molar-refractivity contribution >= 4 is 13.7 Å². The van der Waals surface area contributed by atoms with E-state index in [1.807, 2.05) is 27.2 Å². The van der Waals surface area contributed by atoms with Gasteiger partial charge in [-0.25, -0.2) is 4.57 Å². The first-order valence-corrected chi connectivity index (χ1v) is 37.9. The van der Waals surface area contributed by atoms with Gasteiger partial charge < -0.3 is 19.8 Å². The van der Waals surface area contributed by atoms with Crippen LogP contribution in [0.4, 0.5) is 0 Å². The number of rotatable bonds is 68. The van der Waals surface area contributed by atoms with Gasteiger partial charge in [-0.05, 0) is 44.9 Å². The minimum absolute atomic E-state index is 0.0555. The molecule has 0 aromatic rings. The van der Waals surface area contributed by atoms with Crippen LogP contribution in [0.5, 0.6) is 0 Å². The quantitative estimate of drug-likeness (QED) is 0.0243. The Morgan fingerprint density at radius 2 is 0.671 bits per heavy atom. The molecular formula is C73H144N2O6P+. The van der Waals surface area contributed by atoms with E-state index in [0.29, 0.717) is 17.4 Å². The number of amides is 1. The lowest BCUT2D eigenvalue weighted by Gasteiger charge is -2.25. The number of likely N-dealkylation sites (N-methyl/N-ethyl adjacent to an activating group) is 1. The van der Waals surface area contributed by atoms with Gasteiger partial charge in [-0.1, -0.05) is 359 Å². The van der Waals surface area contributed by atoms with Crippen molar-refractivity contribution in [1.82, 2.24) is 5.32 Å². The second kappa shape index (κ2) is 64.2. The maximum Gasteiger partial charge on any atom is 0.472 e. The van der Waals surface area contributed by atoms with Crippen LogP contribution in [0.15, 0.2) is 36.5 Å². The monoisotopic (exact) mass is 1180 g/mol. The van der Waals surface area contributed by atoms with Gasteiger partial charge in [0.15, 0.2) is 0 Å². The fourth-order valence-corrected chi connectivity index (χ4v) is 11.9. The van der Waals surface area contributed by atoms with E-state index in [-0.39, 0.29) is 19.1 Å². The number of hydrogen-bond acceptors (Lipinski definition) is 5. The SMILES string of the molecule is CCCCCCCCCCCCCCCCCCCC/C=C/CC/C=C/CC/C=C/C(O)C(COP(=O)(O)OCC[N+](C)(C)C)NC(=O)CCCCCCCCCCCCCCCCCCCCCCCCCCCCCCCCCC. The highest BCUT2D eigenvalue weighted by Crippen LogP contribution is 2.43. The predicted octanol–water partition coefficient (Wildman–Crippen LogP) is 23.2. The Labute approximate surface area is 512 Å². The van der Waals surface area contributed by atoms with Crippen LogP contribution in [-0.4, -0.2) is 73.4 Å². The molecule has 0 aliphatic heterocycles. The van der Waals surface area contributed by atoms with E-state index in [4.69, 9.17) is 9.05 Å². The highest BCUT2D eigenvalue weighted by atomic mass is 31.2. The summed E-state index contributed by atoms with van der Waals surface area (Å²) in [6.07, 6.45) is 86.1. The number of quaternary nitrogens is 1. The Balaban J connectivity index is 4.06. The van der Waals surface area contributed by atoms with E-state index in [1.165, 1.54) is 308 Å². The van der Waals surface area contributed by atoms with Gasteiger partial charge in [-0.2, -0.15) is 0 Å². The summed E-state index contributed by atoms with van der Waals surface area (Å²) >= 11 is 0. The number of nitrogens with one attached hydrogen (secondary N) is 1. The number of aliphatic hydroxyl groups is 1. The average molecular weight is 1180 g/mol. The smallest absolute Gasteiger partial charge is 0.387 e. The molecule has 0 saturated heterocycles. The van der Waals surface area contributed by atoms with Gasteiger partial charge in [0.2, 0.25) is 5.91 Å². The minimum Gasteiger partial charge on any atom is -0.387 e. The molecule has 1 amide bonds. The molecule has 0 bridgehead atoms. The molecular weight excluding hydrogens is 1030 g/mol. The summed E-state index contributed by atoms with van der Waals surface area (Å²) in [5, 5.41) is 14.0. The van der Waals surface area contributed by atoms with Crippen molar-refractivity contribution in [3.05, 3.63) is 36.5 Å². The topological polar surface area (TPSA) is 105 Å². The van der Waals surface area contributed by atoms with Crippen molar-refractivity contribution in [3.63, 3.8) is 0 Å². The van der Waals surface area contributed by atoms with E-state index in [0.717, 1.165) is 44.9 Å². The molecule has 486 valence electrons. The molecule has 3 atom stereocenters. The fourth-order valence-electron chi connectivity index (χ4n) is 11.2. The number of phosphoric ester groups is 1. The molecule has 0 saturated carbocycles. The molecule has 0 aliphatic rings. The number of allylic oxidation sites excluding steroid dienone is 5. The van der Waals surface area contributed by atoms with E-state index >= 15 is 0 Å². The standard InChI is InChI=1S/C73H143N2O6P/c1-6-8-10-12-14-16-18-20-22-24-26-28-30-32-34-36-37-38-39-41-43-45-47-49-51-53-55-57-59-61-63-65-67-73(77)74-71(70-81-82(78,79)80-69-68-75(3,4)5)72(76)66-64-62-60-58-56-54-52-50-48-46-44-42-40-35-33-31-29-27-25-23-21-19-17-15-13-11-9-7-2/h48,50,56,58,64,66,71-72,76H,6-47,49,51-55,57,59-63,65,67-70H2,1-5H3,(H-,74,77,78,79)/p+1/b50-48+,58-56+,66-64+. The zero-order valence-corrected chi connectivity index (χ0v) is 56.7. The van der Waals surface area contributed by atoms with Crippen molar-refractivity contribution in [3.8, 4) is 0 Å². The highest BCUT2D eigenvalue weighted by Gasteiger charge is 2.28. The largest absolute Gasteiger partial charge is 0.472 e. The van der Waals surface area contributed by atoms with Crippen LogP contribution in [0.2, 0.25) is 0 Å². The van der Waals surface area contributed by atoms with Gasteiger partial charge in [-0.3, -0.25) is 13.8 Å². The number of carbonyl (C=O) groups is 1. The summed E-state index contributed by atoms with van der Waals surface area (Å²) < 4.78 is 23.8. The van der Waals surface area contributed by atoms with Crippen LogP contribution in [0.25, 0.3) is 0 Å². The van der Waals surface area contributed by atoms with Crippen molar-refractivity contribution in [2.45, 2.75) is 386 Å². The maximum absolute atomic E-state index is 13.1. The Kier molecular flexibility index (Phi) is 63.2. The molecule has 0 aromatic heterocycles. The number of hydrogen-bond donors (Lipinski definition) is 3. The van der Waals surface area contributed by atoms with E-state index in [1.54, 1.807) is 6.08 Å². The number of unbranched alkanes of at least 4 members (excludes halogenated alkanes) is 51. The average Bonchev–Trinajstić information content (AvgIpc) is 3.45. The van der Waals surface area contributed by atoms with Gasteiger partial charge in [-0.15, -0.1) is 0 Å². The van der Waals surface area contributed by atoms with E-state index < -0.39 is 20.0 Å². The molecule has 0 aromatic carbocycles. The normalized spacial score (nSPS) is 13.8. The second-order valence-corrected chi connectivity index (χ2v) is 27.8. The molecule has 0 spiro atoms. The Morgan fingerprint density at radius 1 is 0.402 bits per heavy atom. The predicted molar refractivity (Wildman–Crippen MR) is 360 cm³/mol. The Hall–Kier alpha value is -1.28. The number of carbonyl (C=O) groups excluding carboxylic acids is 1. The Bertz CT molecular complexity index is 1430. The second-order valence-electron chi connectivity index (χ2n) is 26.3. The van der Waals surface area contributed by atoms with Gasteiger partial charge in [0.1, 0.15) is 13.2 Å². The third-order valence-corrected chi connectivity index (χ3v) is 17.8. The molecule has 0 rings (SSSR count). The first-order chi connectivity index (χ1) is 40.0. The van der Waals surface area contributed by atoms with Crippen LogP contribution in [0, 0.1) is 0 Å². The lowest BCUT2D eigenvalue weighted by Crippen LogP contribution is -2.45. The molecule has 0 fully saturated rings. The molecule has 0 aliphatic carbocycles.